The monoisotopic (exact) mass is 810 g/mol. The molecule has 2 heterocycles. The van der Waals surface area contributed by atoms with E-state index in [9.17, 15) is 0 Å². The molecule has 62 heavy (non-hydrogen) atoms. The lowest BCUT2D eigenvalue weighted by atomic mass is 9.67. The second kappa shape index (κ2) is 15.0. The molecule has 1 fully saturated rings. The second-order valence-corrected chi connectivity index (χ2v) is 17.7. The van der Waals surface area contributed by atoms with Gasteiger partial charge in [0.2, 0.25) is 0 Å². The van der Waals surface area contributed by atoms with Gasteiger partial charge < -0.3 is 4.57 Å². The predicted octanol–water partition coefficient (Wildman–Crippen LogP) is 11.1. The van der Waals surface area contributed by atoms with Gasteiger partial charge in [-0.3, -0.25) is 10.3 Å². The van der Waals surface area contributed by atoms with Crippen LogP contribution in [0.1, 0.15) is 45.7 Å². The molecule has 1 aromatic heterocycles. The van der Waals surface area contributed by atoms with Crippen molar-refractivity contribution in [3.63, 3.8) is 0 Å². The van der Waals surface area contributed by atoms with Gasteiger partial charge in [-0.25, -0.2) is 5.43 Å². The number of benzene rings is 9. The van der Waals surface area contributed by atoms with E-state index in [1.54, 1.807) is 0 Å². The van der Waals surface area contributed by atoms with Crippen molar-refractivity contribution in [1.82, 2.24) is 15.3 Å². The summed E-state index contributed by atoms with van der Waals surface area (Å²) in [6.45, 7) is 0. The number of nitrogens with one attached hydrogen (secondary N) is 2. The zero-order valence-corrected chi connectivity index (χ0v) is 35.0. The fourth-order valence-corrected chi connectivity index (χ4v) is 11.3. The minimum Gasteiger partial charge on any atom is -0.309 e. The van der Waals surface area contributed by atoms with Gasteiger partial charge in [0.1, 0.15) is 21.9 Å². The third-order valence-corrected chi connectivity index (χ3v) is 14.1. The standard InChI is InChI=1S/C57H42N4Si/c1-5-19-39(20-6-1)56-58-55(59-61(56)44-27-18-30-46(36-44)62-45-28-11-4-12-29-45)40-21-17-26-43(35-40)60-53-34-16-14-32-48(53)50-37-52-49(38-54(50)60)47-31-13-15-33-51(47)57(52,41-22-7-2-8-23-41)42-24-9-3-10-25-42/h1-38,55-56,58-59H. The van der Waals surface area contributed by atoms with E-state index in [0.29, 0.717) is 9.52 Å². The zero-order valence-electron chi connectivity index (χ0n) is 34.0. The van der Waals surface area contributed by atoms with E-state index in [1.807, 2.05) is 0 Å². The first-order valence-corrected chi connectivity index (χ1v) is 22.4. The first-order valence-electron chi connectivity index (χ1n) is 21.4. The molecule has 1 aliphatic heterocycles. The Morgan fingerprint density at radius 2 is 1.03 bits per heavy atom. The molecule has 2 N–H and O–H groups in total. The molecule has 2 unspecified atom stereocenters. The minimum atomic E-state index is -0.464. The van der Waals surface area contributed by atoms with Crippen LogP contribution in [-0.2, 0) is 5.41 Å². The van der Waals surface area contributed by atoms with Crippen molar-refractivity contribution in [2.24, 2.45) is 0 Å². The summed E-state index contributed by atoms with van der Waals surface area (Å²) in [4.78, 5) is 0. The maximum absolute atomic E-state index is 3.98. The molecule has 5 heteroatoms. The second-order valence-electron chi connectivity index (χ2n) is 16.3. The predicted molar refractivity (Wildman–Crippen MR) is 257 cm³/mol. The van der Waals surface area contributed by atoms with Gasteiger partial charge in [0.05, 0.1) is 22.1 Å². The molecular formula is C57H42N4Si. The minimum absolute atomic E-state index is 0.0782. The van der Waals surface area contributed by atoms with E-state index < -0.39 is 5.41 Å². The van der Waals surface area contributed by atoms with Crippen LogP contribution in [0.3, 0.4) is 0 Å². The lowest BCUT2D eigenvalue weighted by Crippen LogP contribution is -2.35. The molecule has 0 spiro atoms. The van der Waals surface area contributed by atoms with Gasteiger partial charge in [0, 0.05) is 16.5 Å². The summed E-state index contributed by atoms with van der Waals surface area (Å²) in [7, 11) is 0.579. The lowest BCUT2D eigenvalue weighted by molar-refractivity contribution is 0.554. The summed E-state index contributed by atoms with van der Waals surface area (Å²) in [5.41, 5.74) is 18.2. The Balaban J connectivity index is 0.991. The quantitative estimate of drug-likeness (QED) is 0.150. The van der Waals surface area contributed by atoms with Gasteiger partial charge in [-0.15, -0.1) is 0 Å². The molecule has 2 radical (unpaired) electrons. The average molecular weight is 811 g/mol. The summed E-state index contributed by atoms with van der Waals surface area (Å²) >= 11 is 0. The van der Waals surface area contributed by atoms with E-state index in [0.717, 1.165) is 16.9 Å². The molecule has 2 aliphatic rings. The van der Waals surface area contributed by atoms with E-state index in [1.165, 1.54) is 71.1 Å². The van der Waals surface area contributed by atoms with Crippen LogP contribution < -0.4 is 26.1 Å². The maximum Gasteiger partial charge on any atom is 0.122 e. The Morgan fingerprint density at radius 1 is 0.419 bits per heavy atom. The topological polar surface area (TPSA) is 32.2 Å². The molecule has 12 rings (SSSR count). The van der Waals surface area contributed by atoms with Crippen LogP contribution in [0.15, 0.2) is 231 Å². The normalized spacial score (nSPS) is 16.4. The van der Waals surface area contributed by atoms with Crippen molar-refractivity contribution in [1.29, 1.82) is 0 Å². The molecule has 0 saturated carbocycles. The number of hydrogen-bond donors (Lipinski definition) is 2. The highest BCUT2D eigenvalue weighted by molar-refractivity contribution is 6.67. The van der Waals surface area contributed by atoms with Crippen molar-refractivity contribution < 1.29 is 0 Å². The van der Waals surface area contributed by atoms with Crippen molar-refractivity contribution in [2.75, 3.05) is 5.01 Å². The summed E-state index contributed by atoms with van der Waals surface area (Å²) in [5, 5.41) is 11.4. The van der Waals surface area contributed by atoms with E-state index in [4.69, 9.17) is 0 Å². The van der Waals surface area contributed by atoms with Crippen LogP contribution in [0.4, 0.5) is 5.69 Å². The molecule has 2 atom stereocenters. The highest BCUT2D eigenvalue weighted by atomic mass is 28.2. The Bertz CT molecular complexity index is 3200. The van der Waals surface area contributed by atoms with Gasteiger partial charge in [0.15, 0.2) is 0 Å². The Kier molecular flexibility index (Phi) is 8.85. The number of rotatable bonds is 8. The highest BCUT2D eigenvalue weighted by Crippen LogP contribution is 2.57. The number of hydrogen-bond acceptors (Lipinski definition) is 3. The lowest BCUT2D eigenvalue weighted by Gasteiger charge is -2.34. The van der Waals surface area contributed by atoms with E-state index in [2.05, 4.69) is 251 Å². The summed E-state index contributed by atoms with van der Waals surface area (Å²) < 4.78 is 2.47. The van der Waals surface area contributed by atoms with Crippen LogP contribution in [0.2, 0.25) is 0 Å². The van der Waals surface area contributed by atoms with Crippen LogP contribution in [0.5, 0.6) is 0 Å². The molecule has 1 aliphatic carbocycles. The van der Waals surface area contributed by atoms with Crippen molar-refractivity contribution in [3.05, 3.63) is 264 Å². The fourth-order valence-electron chi connectivity index (χ4n) is 10.2. The first kappa shape index (κ1) is 36.6. The Morgan fingerprint density at radius 3 is 1.81 bits per heavy atom. The number of aromatic nitrogens is 1. The maximum atomic E-state index is 3.98. The number of hydrazine groups is 1. The van der Waals surface area contributed by atoms with Crippen LogP contribution in [-0.4, -0.2) is 14.1 Å². The Labute approximate surface area is 364 Å². The number of fused-ring (bicyclic) bond motifs is 6. The third-order valence-electron chi connectivity index (χ3n) is 12.9. The fraction of sp³-hybridized carbons (Fsp3) is 0.0526. The van der Waals surface area contributed by atoms with Crippen LogP contribution in [0, 0.1) is 0 Å². The van der Waals surface area contributed by atoms with Crippen molar-refractivity contribution in [2.45, 2.75) is 17.7 Å². The SMILES string of the molecule is c1ccc([Si]c2cccc(N3NC(c4cccc(-n5c6ccccc6c6cc7c(cc65)-c5ccccc5C7(c5ccccc5)c5ccccc5)c4)NC3c3ccccc3)c2)cc1. The van der Waals surface area contributed by atoms with Crippen molar-refractivity contribution in [3.8, 4) is 16.8 Å². The molecule has 0 amide bonds. The molecular weight excluding hydrogens is 769 g/mol. The zero-order chi connectivity index (χ0) is 41.0. The number of para-hydroxylation sites is 1. The molecule has 0 bridgehead atoms. The van der Waals surface area contributed by atoms with Gasteiger partial charge in [0.25, 0.3) is 0 Å². The van der Waals surface area contributed by atoms with Gasteiger partial charge in [-0.1, -0.05) is 198 Å². The Hall–Kier alpha value is -7.28. The summed E-state index contributed by atoms with van der Waals surface area (Å²) in [6.07, 6.45) is -0.215. The first-order chi connectivity index (χ1) is 30.7. The largest absolute Gasteiger partial charge is 0.309 e. The smallest absolute Gasteiger partial charge is 0.122 e. The van der Waals surface area contributed by atoms with Crippen LogP contribution >= 0.6 is 0 Å². The highest BCUT2D eigenvalue weighted by Gasteiger charge is 2.46. The molecule has 294 valence electrons. The van der Waals surface area contributed by atoms with E-state index >= 15 is 0 Å². The molecule has 4 nitrogen and oxygen atoms in total. The van der Waals surface area contributed by atoms with E-state index in [-0.39, 0.29) is 12.3 Å². The van der Waals surface area contributed by atoms with Gasteiger partial charge in [-0.2, -0.15) is 0 Å². The van der Waals surface area contributed by atoms with Gasteiger partial charge in [-0.05, 0) is 87.0 Å². The van der Waals surface area contributed by atoms with Gasteiger partial charge >= 0.3 is 0 Å². The van der Waals surface area contributed by atoms with Crippen molar-refractivity contribution >= 4 is 47.4 Å². The summed E-state index contributed by atoms with van der Waals surface area (Å²) in [6, 6.07) is 84.5. The third kappa shape index (κ3) is 5.89. The number of anilines is 1. The average Bonchev–Trinajstić information content (AvgIpc) is 4.02. The molecule has 9 aromatic carbocycles. The molecule has 1 saturated heterocycles. The summed E-state index contributed by atoms with van der Waals surface area (Å²) in [5.74, 6) is 0. The number of nitrogens with zero attached hydrogens (tertiary/aromatic N) is 2. The molecule has 10 aromatic rings. The van der Waals surface area contributed by atoms with Crippen LogP contribution in [0.25, 0.3) is 38.6 Å².